The van der Waals surface area contributed by atoms with E-state index in [2.05, 4.69) is 14.5 Å². The van der Waals surface area contributed by atoms with Crippen molar-refractivity contribution in [1.82, 2.24) is 9.96 Å². The first-order valence-corrected chi connectivity index (χ1v) is 7.39. The van der Waals surface area contributed by atoms with Crippen molar-refractivity contribution in [2.45, 2.75) is 12.8 Å². The van der Waals surface area contributed by atoms with Crippen LogP contribution in [0.5, 0.6) is 0 Å². The summed E-state index contributed by atoms with van der Waals surface area (Å²) < 4.78 is 13.2. The van der Waals surface area contributed by atoms with E-state index in [1.54, 1.807) is 0 Å². The number of amidine groups is 1. The van der Waals surface area contributed by atoms with E-state index in [1.807, 2.05) is 0 Å². The topological polar surface area (TPSA) is 37.2 Å². The summed E-state index contributed by atoms with van der Waals surface area (Å²) in [5.41, 5.74) is 0. The highest BCUT2D eigenvalue weighted by Crippen LogP contribution is 2.11. The molecule has 3 heterocycles. The lowest BCUT2D eigenvalue weighted by molar-refractivity contribution is -0.565. The van der Waals surface area contributed by atoms with Gasteiger partial charge in [-0.2, -0.15) is 0 Å². The lowest BCUT2D eigenvalue weighted by Crippen LogP contribution is -2.50. The second-order valence-corrected chi connectivity index (χ2v) is 5.21. The summed E-state index contributed by atoms with van der Waals surface area (Å²) in [6.07, 6.45) is 2.47. The summed E-state index contributed by atoms with van der Waals surface area (Å²) in [7, 11) is 0. The van der Waals surface area contributed by atoms with Crippen LogP contribution in [0.1, 0.15) is 12.8 Å². The lowest BCUT2D eigenvalue weighted by atomic mass is 10.4. The minimum Gasteiger partial charge on any atom is -0.373 e. The highest BCUT2D eigenvalue weighted by molar-refractivity contribution is 5.68. The highest BCUT2D eigenvalue weighted by atomic mass is 16.7. The van der Waals surface area contributed by atoms with E-state index in [0.29, 0.717) is 0 Å². The molecule has 108 valence electrons. The van der Waals surface area contributed by atoms with Crippen LogP contribution in [0, 0.1) is 0 Å². The minimum atomic E-state index is 0.789. The molecule has 6 heteroatoms. The lowest BCUT2D eigenvalue weighted by Gasteiger charge is -2.28. The molecule has 0 spiro atoms. The zero-order valence-electron chi connectivity index (χ0n) is 11.6. The molecule has 3 fully saturated rings. The predicted molar refractivity (Wildman–Crippen MR) is 70.1 cm³/mol. The van der Waals surface area contributed by atoms with Crippen molar-refractivity contribution in [2.24, 2.45) is 0 Å². The van der Waals surface area contributed by atoms with E-state index in [-0.39, 0.29) is 0 Å². The fourth-order valence-corrected chi connectivity index (χ4v) is 2.72. The first-order chi connectivity index (χ1) is 9.43. The molecule has 3 saturated heterocycles. The number of nitrogens with zero attached hydrogens (tertiary/aromatic N) is 3. The smallest absolute Gasteiger partial charge is 0.373 e. The van der Waals surface area contributed by atoms with Crippen molar-refractivity contribution in [3.8, 4) is 0 Å². The summed E-state index contributed by atoms with van der Waals surface area (Å²) >= 11 is 0. The Hall–Kier alpha value is -0.850. The van der Waals surface area contributed by atoms with Crippen molar-refractivity contribution in [1.29, 1.82) is 0 Å². The van der Waals surface area contributed by atoms with Crippen molar-refractivity contribution in [3.05, 3.63) is 0 Å². The Kier molecular flexibility index (Phi) is 4.53. The normalized spacial score (nSPS) is 25.7. The second-order valence-electron chi connectivity index (χ2n) is 5.21. The summed E-state index contributed by atoms with van der Waals surface area (Å²) in [4.78, 5) is 8.49. The van der Waals surface area contributed by atoms with E-state index in [1.165, 1.54) is 12.8 Å². The molecule has 0 aromatic heterocycles. The molecule has 0 radical (unpaired) electrons. The Labute approximate surface area is 114 Å². The van der Waals surface area contributed by atoms with Crippen molar-refractivity contribution >= 4 is 6.02 Å². The van der Waals surface area contributed by atoms with Gasteiger partial charge in [-0.25, -0.2) is 9.48 Å². The van der Waals surface area contributed by atoms with Gasteiger partial charge in [0.15, 0.2) is 0 Å². The molecule has 0 saturated carbocycles. The van der Waals surface area contributed by atoms with Gasteiger partial charge in [-0.05, 0) is 12.8 Å². The number of morpholine rings is 2. The maximum atomic E-state index is 6.18. The van der Waals surface area contributed by atoms with Crippen LogP contribution in [0.2, 0.25) is 0 Å². The van der Waals surface area contributed by atoms with Crippen molar-refractivity contribution < 1.29 is 18.9 Å². The largest absolute Gasteiger partial charge is 0.466 e. The second kappa shape index (κ2) is 6.54. The first-order valence-electron chi connectivity index (χ1n) is 7.39. The average Bonchev–Trinajstić information content (AvgIpc) is 3.00. The molecule has 3 rings (SSSR count). The molecule has 0 aliphatic carbocycles. The third-order valence-corrected chi connectivity index (χ3v) is 3.84. The van der Waals surface area contributed by atoms with Gasteiger partial charge in [0.2, 0.25) is 0 Å². The highest BCUT2D eigenvalue weighted by Gasteiger charge is 2.31. The van der Waals surface area contributed by atoms with Gasteiger partial charge in [-0.3, -0.25) is 0 Å². The zero-order chi connectivity index (χ0) is 12.9. The third kappa shape index (κ3) is 3.38. The van der Waals surface area contributed by atoms with Gasteiger partial charge in [0.25, 0.3) is 0 Å². The van der Waals surface area contributed by atoms with E-state index in [9.17, 15) is 0 Å². The van der Waals surface area contributed by atoms with Crippen molar-refractivity contribution in [3.63, 3.8) is 0 Å². The molecule has 0 amide bonds. The Morgan fingerprint density at radius 1 is 0.842 bits per heavy atom. The summed E-state index contributed by atoms with van der Waals surface area (Å²) in [5, 5.41) is 2.10. The van der Waals surface area contributed by atoms with Crippen LogP contribution in [0.25, 0.3) is 0 Å². The van der Waals surface area contributed by atoms with Gasteiger partial charge in [-0.1, -0.05) is 0 Å². The van der Waals surface area contributed by atoms with Gasteiger partial charge in [0.05, 0.1) is 26.4 Å². The van der Waals surface area contributed by atoms with Crippen LogP contribution in [0.3, 0.4) is 0 Å². The molecule has 0 atom stereocenters. The molecular weight excluding hydrogens is 246 g/mol. The maximum absolute atomic E-state index is 6.18. The minimum absolute atomic E-state index is 0.789. The molecule has 0 aromatic carbocycles. The molecule has 0 aromatic rings. The van der Waals surface area contributed by atoms with E-state index in [0.717, 1.165) is 71.7 Å². The van der Waals surface area contributed by atoms with E-state index in [4.69, 9.17) is 14.3 Å². The Bertz CT molecular complexity index is 315. The maximum Gasteiger partial charge on any atom is 0.466 e. The van der Waals surface area contributed by atoms with Crippen LogP contribution >= 0.6 is 0 Å². The Morgan fingerprint density at radius 3 is 2.16 bits per heavy atom. The van der Waals surface area contributed by atoms with Crippen LogP contribution in [-0.4, -0.2) is 86.3 Å². The first kappa shape index (κ1) is 13.1. The fourth-order valence-electron chi connectivity index (χ4n) is 2.72. The number of ether oxygens (including phenoxy) is 2. The summed E-state index contributed by atoms with van der Waals surface area (Å²) in [6, 6.07) is 1.01. The molecule has 3 aliphatic rings. The van der Waals surface area contributed by atoms with Gasteiger partial charge < -0.3 is 14.3 Å². The molecule has 0 bridgehead atoms. The van der Waals surface area contributed by atoms with Gasteiger partial charge in [-0.15, -0.1) is 5.06 Å². The number of hydrogen-bond donors (Lipinski definition) is 0. The fraction of sp³-hybridized carbons (Fsp3) is 0.923. The SMILES string of the molecule is C1CCN(OC(N2CCOCC2)=[N+]2CCOCC2)C1. The van der Waals surface area contributed by atoms with Crippen LogP contribution in [-0.2, 0) is 14.3 Å². The number of hydrogen-bond acceptors (Lipinski definition) is 4. The number of rotatable bonds is 1. The van der Waals surface area contributed by atoms with Crippen LogP contribution in [0.15, 0.2) is 0 Å². The number of hydroxylamine groups is 2. The zero-order valence-corrected chi connectivity index (χ0v) is 11.6. The van der Waals surface area contributed by atoms with Crippen molar-refractivity contribution in [2.75, 3.05) is 65.7 Å². The summed E-state index contributed by atoms with van der Waals surface area (Å²) in [6.45, 7) is 8.90. The molecule has 3 aliphatic heterocycles. The van der Waals surface area contributed by atoms with Gasteiger partial charge >= 0.3 is 6.02 Å². The monoisotopic (exact) mass is 270 g/mol. The summed E-state index contributed by atoms with van der Waals surface area (Å²) in [5.74, 6) is 0. The van der Waals surface area contributed by atoms with E-state index >= 15 is 0 Å². The predicted octanol–water partition coefficient (Wildman–Crippen LogP) is -0.255. The molecule has 19 heavy (non-hydrogen) atoms. The Morgan fingerprint density at radius 2 is 1.47 bits per heavy atom. The van der Waals surface area contributed by atoms with Gasteiger partial charge in [0.1, 0.15) is 26.2 Å². The molecule has 0 N–H and O–H groups in total. The molecule has 6 nitrogen and oxygen atoms in total. The van der Waals surface area contributed by atoms with Gasteiger partial charge in [0, 0.05) is 13.1 Å². The standard InChI is InChI=1S/C13H24N3O3/c1-2-4-16(3-1)19-13(14-5-9-17-10-6-14)15-7-11-18-12-8-15/h1-12H2/q+1. The molecular formula is C13H24N3O3+. The quantitative estimate of drug-likeness (QED) is 0.485. The van der Waals surface area contributed by atoms with Crippen LogP contribution in [0.4, 0.5) is 0 Å². The Balaban J connectivity index is 1.72. The van der Waals surface area contributed by atoms with Crippen LogP contribution < -0.4 is 0 Å². The third-order valence-electron chi connectivity index (χ3n) is 3.84. The van der Waals surface area contributed by atoms with E-state index < -0.39 is 0 Å². The average molecular weight is 270 g/mol. The molecule has 0 unspecified atom stereocenters.